The Morgan fingerprint density at radius 2 is 1.94 bits per heavy atom. The maximum atomic E-state index is 12.9. The first-order valence-electron chi connectivity index (χ1n) is 10.9. The highest BCUT2D eigenvalue weighted by Crippen LogP contribution is 2.32. The van der Waals surface area contributed by atoms with E-state index in [9.17, 15) is 9.59 Å². The van der Waals surface area contributed by atoms with Crippen molar-refractivity contribution < 1.29 is 9.59 Å². The molecule has 1 amide bonds. The lowest BCUT2D eigenvalue weighted by atomic mass is 9.80. The molecule has 0 saturated carbocycles. The third-order valence-corrected chi connectivity index (χ3v) is 6.33. The Balaban J connectivity index is 1.58. The van der Waals surface area contributed by atoms with Crippen molar-refractivity contribution in [3.05, 3.63) is 89.3 Å². The molecule has 1 aliphatic rings. The predicted octanol–water partition coefficient (Wildman–Crippen LogP) is 5.26. The fourth-order valence-electron chi connectivity index (χ4n) is 4.19. The van der Waals surface area contributed by atoms with Crippen molar-refractivity contribution in [1.82, 2.24) is 10.3 Å². The monoisotopic (exact) mass is 435 g/mol. The molecule has 0 saturated heterocycles. The van der Waals surface area contributed by atoms with Crippen molar-refractivity contribution in [2.24, 2.45) is 5.92 Å². The molecule has 0 aliphatic heterocycles. The number of benzene rings is 2. The van der Waals surface area contributed by atoms with Gasteiger partial charge in [0.2, 0.25) is 5.91 Å². The lowest BCUT2D eigenvalue weighted by Gasteiger charge is -2.24. The molecule has 0 radical (unpaired) electrons. The number of nitriles is 1. The quantitative estimate of drug-likeness (QED) is 0.554. The second kappa shape index (κ2) is 9.22. The maximum absolute atomic E-state index is 12.9. The molecule has 0 fully saturated rings. The number of nitrogens with one attached hydrogen (secondary N) is 1. The first-order valence-corrected chi connectivity index (χ1v) is 10.9. The van der Waals surface area contributed by atoms with Gasteiger partial charge in [0.05, 0.1) is 11.6 Å². The van der Waals surface area contributed by atoms with Crippen molar-refractivity contribution in [3.8, 4) is 17.2 Å². The molecular weight excluding hydrogens is 410 g/mol. The van der Waals surface area contributed by atoms with Crippen LogP contribution in [0.3, 0.4) is 0 Å². The number of rotatable bonds is 5. The second-order valence-electron chi connectivity index (χ2n) is 8.59. The topological polar surface area (TPSA) is 82.8 Å². The molecule has 1 atom stereocenters. The molecule has 1 unspecified atom stereocenters. The fraction of sp³-hybridized carbons (Fsp3) is 0.214. The van der Waals surface area contributed by atoms with E-state index in [1.165, 1.54) is 0 Å². The number of allylic oxidation sites excluding steroid dienone is 2. The lowest BCUT2D eigenvalue weighted by molar-refractivity contribution is -0.120. The minimum absolute atomic E-state index is 0.0182. The van der Waals surface area contributed by atoms with Crippen LogP contribution < -0.4 is 5.32 Å². The molecule has 5 heteroatoms. The van der Waals surface area contributed by atoms with Gasteiger partial charge in [-0.25, -0.2) is 0 Å². The van der Waals surface area contributed by atoms with Gasteiger partial charge in [-0.3, -0.25) is 14.6 Å². The summed E-state index contributed by atoms with van der Waals surface area (Å²) in [6.07, 6.45) is 4.59. The molecule has 2 aromatic carbocycles. The summed E-state index contributed by atoms with van der Waals surface area (Å²) in [5.41, 5.74) is 5.54. The molecule has 1 heterocycles. The van der Waals surface area contributed by atoms with E-state index in [1.807, 2.05) is 43.6 Å². The number of ketones is 1. The average molecular weight is 436 g/mol. The summed E-state index contributed by atoms with van der Waals surface area (Å²) in [5, 5.41) is 14.1. The van der Waals surface area contributed by atoms with Crippen molar-refractivity contribution >= 4 is 22.5 Å². The van der Waals surface area contributed by atoms with Gasteiger partial charge in [-0.2, -0.15) is 5.26 Å². The molecule has 0 bridgehead atoms. The third kappa shape index (κ3) is 4.61. The first kappa shape index (κ1) is 22.2. The number of fused-ring (bicyclic) bond motifs is 1. The highest BCUT2D eigenvalue weighted by atomic mass is 16.2. The number of nitrogens with zero attached hydrogens (tertiary/aromatic N) is 2. The van der Waals surface area contributed by atoms with Gasteiger partial charge in [-0.05, 0) is 60.9 Å². The van der Waals surface area contributed by atoms with Crippen molar-refractivity contribution in [2.75, 3.05) is 0 Å². The van der Waals surface area contributed by atoms with Crippen molar-refractivity contribution in [1.29, 1.82) is 5.26 Å². The van der Waals surface area contributed by atoms with E-state index in [2.05, 4.69) is 29.0 Å². The molecule has 3 aromatic rings. The first-order chi connectivity index (χ1) is 15.9. The zero-order valence-corrected chi connectivity index (χ0v) is 18.8. The van der Waals surface area contributed by atoms with E-state index in [4.69, 9.17) is 5.26 Å². The smallest absolute Gasteiger partial charge is 0.247 e. The largest absolute Gasteiger partial charge is 0.348 e. The minimum Gasteiger partial charge on any atom is -0.348 e. The number of hydrogen-bond acceptors (Lipinski definition) is 4. The molecule has 164 valence electrons. The van der Waals surface area contributed by atoms with E-state index >= 15 is 0 Å². The zero-order chi connectivity index (χ0) is 23.5. The van der Waals surface area contributed by atoms with Crippen LogP contribution in [0.15, 0.2) is 78.2 Å². The Labute approximate surface area is 193 Å². The van der Waals surface area contributed by atoms with E-state index < -0.39 is 0 Å². The summed E-state index contributed by atoms with van der Waals surface area (Å²) < 4.78 is 0. The normalized spacial score (nSPS) is 15.9. The van der Waals surface area contributed by atoms with Gasteiger partial charge in [-0.15, -0.1) is 0 Å². The highest BCUT2D eigenvalue weighted by molar-refractivity contribution is 6.06. The van der Waals surface area contributed by atoms with Crippen LogP contribution in [-0.4, -0.2) is 16.7 Å². The standard InChI is InChI=1S/C28H25N3O2/c1-17(2)23-11-24(18(3)27(32)12-23)28(33)31-14-20-6-9-22-15-30-16-26(25(22)10-20)21-7-4-19(13-29)5-8-21/h4-10,15-16,23H,1,11-12,14H2,2-3H3,(H,31,33). The molecular formula is C28H25N3O2. The number of carbonyl (C=O) groups excluding carboxylic acids is 2. The van der Waals surface area contributed by atoms with E-state index in [0.717, 1.165) is 33.0 Å². The lowest BCUT2D eigenvalue weighted by Crippen LogP contribution is -2.30. The van der Waals surface area contributed by atoms with Crippen LogP contribution in [0.2, 0.25) is 0 Å². The summed E-state index contributed by atoms with van der Waals surface area (Å²) >= 11 is 0. The van der Waals surface area contributed by atoms with Gasteiger partial charge in [0, 0.05) is 47.5 Å². The number of aromatic nitrogens is 1. The van der Waals surface area contributed by atoms with Crippen LogP contribution in [0.5, 0.6) is 0 Å². The molecule has 0 spiro atoms. The SMILES string of the molecule is C=C(C)C1CC(=O)C(C)=C(C(=O)NCc2ccc3cncc(-c4ccc(C#N)cc4)c3c2)C1. The minimum atomic E-state index is -0.200. The number of pyridine rings is 1. The van der Waals surface area contributed by atoms with Crippen LogP contribution in [0.4, 0.5) is 0 Å². The second-order valence-corrected chi connectivity index (χ2v) is 8.59. The van der Waals surface area contributed by atoms with Crippen LogP contribution >= 0.6 is 0 Å². The molecule has 33 heavy (non-hydrogen) atoms. The fourth-order valence-corrected chi connectivity index (χ4v) is 4.19. The Bertz CT molecular complexity index is 1340. The Kier molecular flexibility index (Phi) is 6.19. The van der Waals surface area contributed by atoms with Gasteiger partial charge < -0.3 is 5.32 Å². The summed E-state index contributed by atoms with van der Waals surface area (Å²) in [6, 6.07) is 15.6. The Morgan fingerprint density at radius 1 is 1.18 bits per heavy atom. The van der Waals surface area contributed by atoms with E-state index in [1.54, 1.807) is 19.1 Å². The predicted molar refractivity (Wildman–Crippen MR) is 129 cm³/mol. The summed E-state index contributed by atoms with van der Waals surface area (Å²) in [4.78, 5) is 29.6. The summed E-state index contributed by atoms with van der Waals surface area (Å²) in [5.74, 6) is -0.163. The molecule has 5 nitrogen and oxygen atoms in total. The molecule has 1 N–H and O–H groups in total. The average Bonchev–Trinajstić information content (AvgIpc) is 2.83. The van der Waals surface area contributed by atoms with E-state index in [0.29, 0.717) is 36.1 Å². The van der Waals surface area contributed by atoms with Gasteiger partial charge in [-0.1, -0.05) is 36.4 Å². The molecule has 1 aliphatic carbocycles. The van der Waals surface area contributed by atoms with E-state index in [-0.39, 0.29) is 17.6 Å². The molecule has 4 rings (SSSR count). The van der Waals surface area contributed by atoms with Crippen molar-refractivity contribution in [2.45, 2.75) is 33.2 Å². The van der Waals surface area contributed by atoms with Gasteiger partial charge in [0.1, 0.15) is 0 Å². The number of amides is 1. The van der Waals surface area contributed by atoms with Crippen LogP contribution in [0, 0.1) is 17.2 Å². The number of Topliss-reactive ketones (excluding diaryl/α,β-unsaturated/α-hetero) is 1. The summed E-state index contributed by atoms with van der Waals surface area (Å²) in [7, 11) is 0. The molecule has 1 aromatic heterocycles. The van der Waals surface area contributed by atoms with Gasteiger partial charge in [0.25, 0.3) is 0 Å². The van der Waals surface area contributed by atoms with Crippen LogP contribution in [0.25, 0.3) is 21.9 Å². The number of hydrogen-bond donors (Lipinski definition) is 1. The maximum Gasteiger partial charge on any atom is 0.247 e. The highest BCUT2D eigenvalue weighted by Gasteiger charge is 2.28. The Hall–Kier alpha value is -4.04. The van der Waals surface area contributed by atoms with Gasteiger partial charge in [0.15, 0.2) is 5.78 Å². The summed E-state index contributed by atoms with van der Waals surface area (Å²) in [6.45, 7) is 7.96. The number of carbonyl (C=O) groups is 2. The van der Waals surface area contributed by atoms with Gasteiger partial charge >= 0.3 is 0 Å². The van der Waals surface area contributed by atoms with Crippen LogP contribution in [0.1, 0.15) is 37.8 Å². The Morgan fingerprint density at radius 3 is 2.64 bits per heavy atom. The van der Waals surface area contributed by atoms with Crippen molar-refractivity contribution in [3.63, 3.8) is 0 Å². The third-order valence-electron chi connectivity index (χ3n) is 6.33. The van der Waals surface area contributed by atoms with Crippen LogP contribution in [-0.2, 0) is 16.1 Å². The zero-order valence-electron chi connectivity index (χ0n) is 18.8.